The van der Waals surface area contributed by atoms with Gasteiger partial charge >= 0.3 is 11.9 Å². The molecule has 2 aliphatic rings. The molecule has 0 saturated carbocycles. The molecule has 3 heterocycles. The minimum absolute atomic E-state index is 0.0519. The summed E-state index contributed by atoms with van der Waals surface area (Å²) in [5.74, 6) is -3.74. The number of carbonyl (C=O) groups is 4. The van der Waals surface area contributed by atoms with Crippen LogP contribution >= 0.6 is 11.3 Å². The third-order valence-corrected chi connectivity index (χ3v) is 4.89. The molecule has 4 N–H and O–H groups in total. The number of thiazole rings is 1. The summed E-state index contributed by atoms with van der Waals surface area (Å²) in [6, 6.07) is -1.08. The van der Waals surface area contributed by atoms with Crippen molar-refractivity contribution in [2.24, 2.45) is 5.16 Å². The van der Waals surface area contributed by atoms with E-state index in [4.69, 9.17) is 10.5 Å². The van der Waals surface area contributed by atoms with E-state index in [9.17, 15) is 24.3 Å². The summed E-state index contributed by atoms with van der Waals surface area (Å²) in [6.45, 7) is 1.45. The third-order valence-electron chi connectivity index (χ3n) is 4.21. The molecule has 0 aromatic carbocycles. The van der Waals surface area contributed by atoms with E-state index in [0.717, 1.165) is 16.3 Å². The fourth-order valence-corrected chi connectivity index (χ4v) is 3.60. The maximum absolute atomic E-state index is 12.8. The first-order valence-electron chi connectivity index (χ1n) is 8.64. The number of nitrogens with zero attached hydrogens (tertiary/aromatic N) is 4. The number of carboxylic acid groups (broad SMARTS) is 1. The molecule has 1 fully saturated rings. The van der Waals surface area contributed by atoms with Crippen LogP contribution in [0.25, 0.3) is 0 Å². The van der Waals surface area contributed by atoms with E-state index in [2.05, 4.69) is 20.3 Å². The maximum Gasteiger partial charge on any atom is 0.354 e. The summed E-state index contributed by atoms with van der Waals surface area (Å²) >= 11 is 1.09. The summed E-state index contributed by atoms with van der Waals surface area (Å²) in [7, 11) is 1.24. The Bertz CT molecular complexity index is 971. The van der Waals surface area contributed by atoms with Crippen molar-refractivity contribution in [3.05, 3.63) is 22.3 Å². The zero-order valence-corrected chi connectivity index (χ0v) is 16.8. The average molecular weight is 438 g/mol. The Kier molecular flexibility index (Phi) is 5.98. The van der Waals surface area contributed by atoms with Crippen LogP contribution in [-0.4, -0.2) is 82.4 Å². The van der Waals surface area contributed by atoms with E-state index >= 15 is 0 Å². The molecule has 0 spiro atoms. The van der Waals surface area contributed by atoms with Crippen LogP contribution in [0.5, 0.6) is 0 Å². The quantitative estimate of drug-likeness (QED) is 0.259. The molecule has 30 heavy (non-hydrogen) atoms. The Morgan fingerprint density at radius 2 is 2.20 bits per heavy atom. The molecule has 2 amide bonds. The number of anilines is 1. The van der Waals surface area contributed by atoms with Crippen LogP contribution in [0.1, 0.15) is 12.6 Å². The van der Waals surface area contributed by atoms with Crippen molar-refractivity contribution in [3.63, 3.8) is 0 Å². The number of rotatable bonds is 7. The predicted octanol–water partition coefficient (Wildman–Crippen LogP) is -1.46. The minimum Gasteiger partial charge on any atom is -0.477 e. The van der Waals surface area contributed by atoms with Crippen LogP contribution in [0.4, 0.5) is 5.13 Å². The van der Waals surface area contributed by atoms with Gasteiger partial charge in [-0.2, -0.15) is 0 Å². The molecule has 160 valence electrons. The van der Waals surface area contributed by atoms with Crippen LogP contribution in [0.15, 0.2) is 21.8 Å². The first-order valence-corrected chi connectivity index (χ1v) is 9.52. The number of nitrogens with one attached hydrogen (secondary N) is 1. The van der Waals surface area contributed by atoms with Gasteiger partial charge in [-0.1, -0.05) is 5.16 Å². The van der Waals surface area contributed by atoms with Gasteiger partial charge in [-0.25, -0.2) is 24.6 Å². The first kappa shape index (κ1) is 21.2. The molecule has 1 aromatic heterocycles. The summed E-state index contributed by atoms with van der Waals surface area (Å²) in [4.78, 5) is 57.8. The van der Waals surface area contributed by atoms with Crippen molar-refractivity contribution < 1.29 is 33.9 Å². The van der Waals surface area contributed by atoms with Gasteiger partial charge in [0.15, 0.2) is 16.5 Å². The number of hydrazine groups is 1. The van der Waals surface area contributed by atoms with Crippen LogP contribution in [0, 0.1) is 0 Å². The maximum atomic E-state index is 12.8. The number of aromatic nitrogens is 1. The Morgan fingerprint density at radius 1 is 1.47 bits per heavy atom. The Labute approximate surface area is 173 Å². The van der Waals surface area contributed by atoms with Crippen molar-refractivity contribution in [1.29, 1.82) is 0 Å². The van der Waals surface area contributed by atoms with Gasteiger partial charge in [-0.05, 0) is 6.92 Å². The van der Waals surface area contributed by atoms with Gasteiger partial charge in [-0.3, -0.25) is 9.59 Å². The molecular weight excluding hydrogens is 420 g/mol. The molecule has 14 heteroatoms. The smallest absolute Gasteiger partial charge is 0.354 e. The van der Waals surface area contributed by atoms with E-state index in [0.29, 0.717) is 0 Å². The monoisotopic (exact) mass is 438 g/mol. The highest BCUT2D eigenvalue weighted by Gasteiger charge is 2.49. The molecule has 1 unspecified atom stereocenters. The summed E-state index contributed by atoms with van der Waals surface area (Å²) in [5, 5.41) is 19.6. The number of esters is 1. The first-order chi connectivity index (χ1) is 14.3. The normalized spacial score (nSPS) is 19.1. The van der Waals surface area contributed by atoms with Gasteiger partial charge in [0.2, 0.25) is 0 Å². The number of fused-ring (bicyclic) bond motifs is 1. The van der Waals surface area contributed by atoms with Crippen molar-refractivity contribution in [1.82, 2.24) is 20.3 Å². The standard InChI is InChI=1S/C16H18N6O7S/c1-3-29-15(27)7-4-21-5-8(13(24)22(21)11(7)14(25)26)18-12(23)10(20-28-2)9-6-30-16(17)19-9/h6,8H,3-5H2,1-2H3,(H2,17,19)(H,18,23)(H,25,26)/b20-10-. The van der Waals surface area contributed by atoms with Crippen LogP contribution < -0.4 is 11.1 Å². The number of amides is 2. The van der Waals surface area contributed by atoms with Gasteiger partial charge in [0.1, 0.15) is 18.8 Å². The number of nitrogens with two attached hydrogens (primary N) is 1. The summed E-state index contributed by atoms with van der Waals surface area (Å²) in [6.07, 6.45) is 0. The van der Waals surface area contributed by atoms with Gasteiger partial charge in [-0.15, -0.1) is 11.3 Å². The highest BCUT2D eigenvalue weighted by molar-refractivity contribution is 7.13. The van der Waals surface area contributed by atoms with Crippen molar-refractivity contribution in [2.45, 2.75) is 13.0 Å². The van der Waals surface area contributed by atoms with E-state index in [-0.39, 0.29) is 41.8 Å². The molecule has 0 aliphatic carbocycles. The molecule has 1 atom stereocenters. The van der Waals surface area contributed by atoms with Crippen LogP contribution in [-0.2, 0) is 28.8 Å². The van der Waals surface area contributed by atoms with E-state index in [1.165, 1.54) is 17.5 Å². The number of oxime groups is 1. The summed E-state index contributed by atoms with van der Waals surface area (Å²) < 4.78 is 4.87. The molecule has 1 saturated heterocycles. The molecular formula is C16H18N6O7S. The van der Waals surface area contributed by atoms with Gasteiger partial charge in [0.05, 0.1) is 18.7 Å². The third kappa shape index (κ3) is 3.81. The molecule has 3 rings (SSSR count). The second-order valence-electron chi connectivity index (χ2n) is 6.07. The second-order valence-corrected chi connectivity index (χ2v) is 6.96. The van der Waals surface area contributed by atoms with E-state index < -0.39 is 35.5 Å². The molecule has 0 radical (unpaired) electrons. The number of carbonyl (C=O) groups excluding carboxylic acids is 3. The highest BCUT2D eigenvalue weighted by atomic mass is 32.1. The SMILES string of the molecule is CCOC(=O)C1=C(C(=O)O)N2C(=O)C(NC(=O)/C(=N\OC)c3csc(N)n3)CN2C1. The zero-order chi connectivity index (χ0) is 22.0. The van der Waals surface area contributed by atoms with Gasteiger partial charge in [0, 0.05) is 11.9 Å². The van der Waals surface area contributed by atoms with Crippen molar-refractivity contribution >= 4 is 45.9 Å². The largest absolute Gasteiger partial charge is 0.477 e. The Morgan fingerprint density at radius 3 is 2.77 bits per heavy atom. The molecule has 0 bridgehead atoms. The lowest BCUT2D eigenvalue weighted by molar-refractivity contribution is -0.143. The predicted molar refractivity (Wildman–Crippen MR) is 102 cm³/mol. The van der Waals surface area contributed by atoms with Crippen molar-refractivity contribution in [2.75, 3.05) is 32.5 Å². The van der Waals surface area contributed by atoms with Gasteiger partial charge < -0.3 is 25.7 Å². The van der Waals surface area contributed by atoms with Crippen LogP contribution in [0.2, 0.25) is 0 Å². The number of ether oxygens (including phenoxy) is 1. The number of carboxylic acids is 1. The number of hydrogen-bond acceptors (Lipinski definition) is 11. The minimum atomic E-state index is -1.46. The molecule has 13 nitrogen and oxygen atoms in total. The number of hydrogen-bond donors (Lipinski definition) is 3. The van der Waals surface area contributed by atoms with Crippen LogP contribution in [0.3, 0.4) is 0 Å². The number of aliphatic carboxylic acids is 1. The lowest BCUT2D eigenvalue weighted by atomic mass is 10.1. The fraction of sp³-hybridized carbons (Fsp3) is 0.375. The lowest BCUT2D eigenvalue weighted by Crippen LogP contribution is -2.46. The van der Waals surface area contributed by atoms with Crippen molar-refractivity contribution in [3.8, 4) is 0 Å². The van der Waals surface area contributed by atoms with E-state index in [1.807, 2.05) is 0 Å². The highest BCUT2D eigenvalue weighted by Crippen LogP contribution is 2.30. The second kappa shape index (κ2) is 8.46. The average Bonchev–Trinajstić information content (AvgIpc) is 3.35. The topological polar surface area (TPSA) is 177 Å². The fourth-order valence-electron chi connectivity index (χ4n) is 3.05. The zero-order valence-electron chi connectivity index (χ0n) is 15.9. The van der Waals surface area contributed by atoms with E-state index in [1.54, 1.807) is 6.92 Å². The molecule has 2 aliphatic heterocycles. The lowest BCUT2D eigenvalue weighted by Gasteiger charge is -2.18. The molecule has 1 aromatic rings. The van der Waals surface area contributed by atoms with Gasteiger partial charge in [0.25, 0.3) is 11.8 Å². The number of nitrogen functional groups attached to an aromatic ring is 1. The Hall–Kier alpha value is -3.52. The summed E-state index contributed by atoms with van der Waals surface area (Å²) in [5.41, 5.74) is 4.92. The Balaban J connectivity index is 1.80.